The molecule has 4 heteroatoms. The van der Waals surface area contributed by atoms with Gasteiger partial charge in [0.25, 0.3) is 5.97 Å². The maximum Gasteiger partial charge on any atom is 0.291 e. The van der Waals surface area contributed by atoms with E-state index in [9.17, 15) is 0 Å². The quantitative estimate of drug-likeness (QED) is 0.218. The third kappa shape index (κ3) is 15.4. The molecule has 146 valence electrons. The van der Waals surface area contributed by atoms with E-state index in [2.05, 4.69) is 12.2 Å². The second-order valence-corrected chi connectivity index (χ2v) is 7.20. The van der Waals surface area contributed by atoms with Crippen molar-refractivity contribution < 1.29 is 15.3 Å². The minimum atomic E-state index is -2.61. The number of aliphatic hydroxyl groups is 3. The van der Waals surface area contributed by atoms with Crippen molar-refractivity contribution in [1.82, 2.24) is 5.32 Å². The molecule has 0 aliphatic carbocycles. The molecule has 1 atom stereocenters. The van der Waals surface area contributed by atoms with Gasteiger partial charge in [0.1, 0.15) is 0 Å². The zero-order valence-corrected chi connectivity index (χ0v) is 16.2. The lowest BCUT2D eigenvalue weighted by Crippen LogP contribution is -2.50. The summed E-state index contributed by atoms with van der Waals surface area (Å²) < 4.78 is 0. The van der Waals surface area contributed by atoms with Crippen LogP contribution in [0.25, 0.3) is 0 Å². The minimum Gasteiger partial charge on any atom is -0.342 e. The van der Waals surface area contributed by atoms with E-state index < -0.39 is 12.0 Å². The standard InChI is InChI=1S/C20H43NO3/c1-3-5-6-7-8-9-10-11-12-13-14-15-16-17-18-21-19(4-2)20(22,23)24/h19,21-24H,3-18H2,1-2H3. The largest absolute Gasteiger partial charge is 0.342 e. The fourth-order valence-electron chi connectivity index (χ4n) is 3.15. The van der Waals surface area contributed by atoms with Gasteiger partial charge in [0.2, 0.25) is 0 Å². The lowest BCUT2D eigenvalue weighted by molar-refractivity contribution is -0.327. The van der Waals surface area contributed by atoms with E-state index in [4.69, 9.17) is 15.3 Å². The van der Waals surface area contributed by atoms with E-state index >= 15 is 0 Å². The van der Waals surface area contributed by atoms with Gasteiger partial charge in [0, 0.05) is 0 Å². The van der Waals surface area contributed by atoms with Crippen molar-refractivity contribution in [2.24, 2.45) is 0 Å². The monoisotopic (exact) mass is 345 g/mol. The van der Waals surface area contributed by atoms with Gasteiger partial charge in [-0.05, 0) is 19.4 Å². The normalized spacial score (nSPS) is 13.4. The SMILES string of the molecule is CCCCCCCCCCCCCCCCNC(CC)C(O)(O)O. The molecule has 0 aliphatic rings. The maximum absolute atomic E-state index is 9.14. The first kappa shape index (κ1) is 23.8. The average molecular weight is 346 g/mol. The van der Waals surface area contributed by atoms with Gasteiger partial charge in [-0.2, -0.15) is 0 Å². The predicted molar refractivity (Wildman–Crippen MR) is 102 cm³/mol. The number of hydrogen-bond acceptors (Lipinski definition) is 4. The highest BCUT2D eigenvalue weighted by atomic mass is 16.7. The van der Waals surface area contributed by atoms with Gasteiger partial charge in [-0.15, -0.1) is 0 Å². The third-order valence-electron chi connectivity index (χ3n) is 4.80. The first-order chi connectivity index (χ1) is 11.5. The van der Waals surface area contributed by atoms with Crippen LogP contribution in [0.3, 0.4) is 0 Å². The van der Waals surface area contributed by atoms with E-state index in [1.54, 1.807) is 0 Å². The molecule has 0 aromatic carbocycles. The molecular weight excluding hydrogens is 302 g/mol. The summed E-state index contributed by atoms with van der Waals surface area (Å²) in [5.41, 5.74) is 0. The van der Waals surface area contributed by atoms with Gasteiger partial charge in [0.15, 0.2) is 0 Å². The van der Waals surface area contributed by atoms with Gasteiger partial charge in [0.05, 0.1) is 6.04 Å². The number of unbranched alkanes of at least 4 members (excludes halogenated alkanes) is 13. The molecule has 0 fully saturated rings. The Morgan fingerprint density at radius 1 is 0.625 bits per heavy atom. The lowest BCUT2D eigenvalue weighted by Gasteiger charge is -2.25. The summed E-state index contributed by atoms with van der Waals surface area (Å²) in [6.45, 7) is 4.81. The Morgan fingerprint density at radius 2 is 1.00 bits per heavy atom. The number of nitrogens with one attached hydrogen (secondary N) is 1. The van der Waals surface area contributed by atoms with Gasteiger partial charge < -0.3 is 20.6 Å². The van der Waals surface area contributed by atoms with E-state index in [1.165, 1.54) is 77.0 Å². The Bertz CT molecular complexity index is 254. The second-order valence-electron chi connectivity index (χ2n) is 7.20. The van der Waals surface area contributed by atoms with Crippen LogP contribution in [0, 0.1) is 0 Å². The summed E-state index contributed by atoms with van der Waals surface area (Å²) in [6.07, 6.45) is 19.1. The molecule has 1 unspecified atom stereocenters. The van der Waals surface area contributed by atoms with Crippen LogP contribution < -0.4 is 5.32 Å². The van der Waals surface area contributed by atoms with Crippen LogP contribution in [0.2, 0.25) is 0 Å². The van der Waals surface area contributed by atoms with Crippen molar-refractivity contribution in [3.8, 4) is 0 Å². The van der Waals surface area contributed by atoms with Crippen LogP contribution >= 0.6 is 0 Å². The van der Waals surface area contributed by atoms with E-state index in [0.29, 0.717) is 6.42 Å². The van der Waals surface area contributed by atoms with Crippen molar-refractivity contribution in [3.05, 3.63) is 0 Å². The molecule has 0 saturated carbocycles. The highest BCUT2D eigenvalue weighted by Gasteiger charge is 2.29. The third-order valence-corrected chi connectivity index (χ3v) is 4.80. The van der Waals surface area contributed by atoms with Crippen molar-refractivity contribution >= 4 is 0 Å². The summed E-state index contributed by atoms with van der Waals surface area (Å²) in [4.78, 5) is 0. The molecular formula is C20H43NO3. The molecule has 0 amide bonds. The molecule has 0 rings (SSSR count). The fourth-order valence-corrected chi connectivity index (χ4v) is 3.15. The molecule has 4 nitrogen and oxygen atoms in total. The van der Waals surface area contributed by atoms with Gasteiger partial charge in [-0.3, -0.25) is 0 Å². The Kier molecular flexibility index (Phi) is 16.2. The first-order valence-electron chi connectivity index (χ1n) is 10.4. The molecule has 0 saturated heterocycles. The highest BCUT2D eigenvalue weighted by Crippen LogP contribution is 2.13. The summed E-state index contributed by atoms with van der Waals surface area (Å²) in [7, 11) is 0. The van der Waals surface area contributed by atoms with Crippen LogP contribution in [-0.2, 0) is 0 Å². The molecule has 0 heterocycles. The van der Waals surface area contributed by atoms with E-state index in [0.717, 1.165) is 19.4 Å². The van der Waals surface area contributed by atoms with Crippen LogP contribution in [-0.4, -0.2) is 33.9 Å². The summed E-state index contributed by atoms with van der Waals surface area (Å²) in [6, 6.07) is -0.667. The summed E-state index contributed by atoms with van der Waals surface area (Å²) in [5.74, 6) is -2.61. The lowest BCUT2D eigenvalue weighted by atomic mass is 10.0. The minimum absolute atomic E-state index is 0.488. The Labute approximate surface area is 150 Å². The highest BCUT2D eigenvalue weighted by molar-refractivity contribution is 4.71. The van der Waals surface area contributed by atoms with Crippen LogP contribution in [0.15, 0.2) is 0 Å². The molecule has 0 radical (unpaired) electrons. The zero-order valence-electron chi connectivity index (χ0n) is 16.2. The molecule has 0 aliphatic heterocycles. The molecule has 0 spiro atoms. The fraction of sp³-hybridized carbons (Fsp3) is 1.00. The van der Waals surface area contributed by atoms with E-state index in [1.807, 2.05) is 6.92 Å². The molecule has 0 bridgehead atoms. The molecule has 0 aromatic heterocycles. The Morgan fingerprint density at radius 3 is 1.33 bits per heavy atom. The van der Waals surface area contributed by atoms with Crippen molar-refractivity contribution in [2.45, 2.75) is 122 Å². The molecule has 0 aromatic rings. The summed E-state index contributed by atoms with van der Waals surface area (Å²) in [5, 5.41) is 30.4. The van der Waals surface area contributed by atoms with Crippen LogP contribution in [0.5, 0.6) is 0 Å². The average Bonchev–Trinajstić information content (AvgIpc) is 2.53. The Hall–Kier alpha value is -0.160. The Balaban J connectivity index is 3.20. The maximum atomic E-state index is 9.14. The topological polar surface area (TPSA) is 72.7 Å². The zero-order chi connectivity index (χ0) is 18.1. The van der Waals surface area contributed by atoms with Crippen LogP contribution in [0.1, 0.15) is 110 Å². The summed E-state index contributed by atoms with van der Waals surface area (Å²) >= 11 is 0. The van der Waals surface area contributed by atoms with Gasteiger partial charge >= 0.3 is 0 Å². The van der Waals surface area contributed by atoms with Crippen LogP contribution in [0.4, 0.5) is 0 Å². The number of hydrogen-bond donors (Lipinski definition) is 4. The first-order valence-corrected chi connectivity index (χ1v) is 10.4. The van der Waals surface area contributed by atoms with Gasteiger partial charge in [-0.25, -0.2) is 0 Å². The van der Waals surface area contributed by atoms with Crippen molar-refractivity contribution in [3.63, 3.8) is 0 Å². The van der Waals surface area contributed by atoms with Crippen molar-refractivity contribution in [2.75, 3.05) is 6.54 Å². The predicted octanol–water partition coefficient (Wildman–Crippen LogP) is 4.47. The van der Waals surface area contributed by atoms with Crippen molar-refractivity contribution in [1.29, 1.82) is 0 Å². The smallest absolute Gasteiger partial charge is 0.291 e. The van der Waals surface area contributed by atoms with Gasteiger partial charge in [-0.1, -0.05) is 97.3 Å². The second kappa shape index (κ2) is 16.3. The van der Waals surface area contributed by atoms with E-state index in [-0.39, 0.29) is 0 Å². The molecule has 4 N–H and O–H groups in total. The molecule has 24 heavy (non-hydrogen) atoms. The number of rotatable bonds is 18.